The third-order valence-corrected chi connectivity index (χ3v) is 1.30. The summed E-state index contributed by atoms with van der Waals surface area (Å²) in [6.45, 7) is 7.24. The minimum absolute atomic E-state index is 0.0601. The molecule has 4 nitrogen and oxygen atoms in total. The van der Waals surface area contributed by atoms with Gasteiger partial charge in [0, 0.05) is 6.92 Å². The molecule has 0 aromatic heterocycles. The lowest BCUT2D eigenvalue weighted by Gasteiger charge is -2.05. The zero-order valence-corrected chi connectivity index (χ0v) is 8.66. The van der Waals surface area contributed by atoms with Crippen molar-refractivity contribution in [2.45, 2.75) is 34.1 Å². The standard InChI is InChI=1S/C7H14O2.C2H4O2/c1-4-6(3)7(8)9-5-2;1-2(3)4/h6H,4-5H2,1-3H3;1H3,(H,3,4). The second-order valence-electron chi connectivity index (χ2n) is 2.58. The van der Waals surface area contributed by atoms with E-state index in [2.05, 4.69) is 0 Å². The van der Waals surface area contributed by atoms with Crippen LogP contribution in [0.15, 0.2) is 0 Å². The van der Waals surface area contributed by atoms with Gasteiger partial charge in [-0.15, -0.1) is 0 Å². The van der Waals surface area contributed by atoms with E-state index in [0.717, 1.165) is 13.3 Å². The molecule has 0 rings (SSSR count). The lowest BCUT2D eigenvalue weighted by atomic mass is 10.1. The second-order valence-corrected chi connectivity index (χ2v) is 2.58. The smallest absolute Gasteiger partial charge is 0.308 e. The predicted molar refractivity (Wildman–Crippen MR) is 49.4 cm³/mol. The van der Waals surface area contributed by atoms with Gasteiger partial charge in [-0.2, -0.15) is 0 Å². The average molecular weight is 190 g/mol. The number of carboxylic acid groups (broad SMARTS) is 1. The predicted octanol–water partition coefficient (Wildman–Crippen LogP) is 1.69. The first-order valence-electron chi connectivity index (χ1n) is 4.31. The van der Waals surface area contributed by atoms with Gasteiger partial charge in [-0.25, -0.2) is 0 Å². The second kappa shape index (κ2) is 9.03. The molecule has 0 radical (unpaired) electrons. The molecule has 0 aromatic carbocycles. The molecule has 1 atom stereocenters. The van der Waals surface area contributed by atoms with Gasteiger partial charge in [0.25, 0.3) is 5.97 Å². The normalized spacial score (nSPS) is 10.8. The zero-order valence-electron chi connectivity index (χ0n) is 8.66. The van der Waals surface area contributed by atoms with Crippen LogP contribution in [0.3, 0.4) is 0 Å². The van der Waals surface area contributed by atoms with Gasteiger partial charge in [-0.05, 0) is 13.3 Å². The summed E-state index contributed by atoms with van der Waals surface area (Å²) in [6, 6.07) is 0. The quantitative estimate of drug-likeness (QED) is 0.688. The Morgan fingerprint density at radius 2 is 1.77 bits per heavy atom. The summed E-state index contributed by atoms with van der Waals surface area (Å²) in [6.07, 6.45) is 0.860. The third kappa shape index (κ3) is 13.9. The molecule has 0 aromatic rings. The van der Waals surface area contributed by atoms with Crippen molar-refractivity contribution >= 4 is 11.9 Å². The third-order valence-electron chi connectivity index (χ3n) is 1.30. The number of hydrogen-bond acceptors (Lipinski definition) is 3. The summed E-state index contributed by atoms with van der Waals surface area (Å²) in [7, 11) is 0. The molecule has 0 aliphatic carbocycles. The first-order chi connectivity index (χ1) is 5.95. The fourth-order valence-electron chi connectivity index (χ4n) is 0.451. The first kappa shape index (κ1) is 14.5. The van der Waals surface area contributed by atoms with E-state index in [1.807, 2.05) is 20.8 Å². The van der Waals surface area contributed by atoms with Gasteiger partial charge in [-0.1, -0.05) is 13.8 Å². The summed E-state index contributed by atoms with van der Waals surface area (Å²) in [5.41, 5.74) is 0. The van der Waals surface area contributed by atoms with Crippen LogP contribution in [0.2, 0.25) is 0 Å². The number of ether oxygens (including phenoxy) is 1. The van der Waals surface area contributed by atoms with E-state index in [-0.39, 0.29) is 11.9 Å². The molecular weight excluding hydrogens is 172 g/mol. The van der Waals surface area contributed by atoms with E-state index in [4.69, 9.17) is 14.6 Å². The molecule has 0 saturated carbocycles. The van der Waals surface area contributed by atoms with Crippen LogP contribution < -0.4 is 0 Å². The Hall–Kier alpha value is -1.06. The van der Waals surface area contributed by atoms with Crippen LogP contribution in [-0.2, 0) is 14.3 Å². The number of carboxylic acids is 1. The zero-order chi connectivity index (χ0) is 10.9. The fourth-order valence-corrected chi connectivity index (χ4v) is 0.451. The van der Waals surface area contributed by atoms with E-state index < -0.39 is 5.97 Å². The molecule has 0 aliphatic rings. The van der Waals surface area contributed by atoms with Crippen LogP contribution in [0.25, 0.3) is 0 Å². The molecule has 0 fully saturated rings. The van der Waals surface area contributed by atoms with Crippen molar-refractivity contribution in [1.82, 2.24) is 0 Å². The van der Waals surface area contributed by atoms with Crippen molar-refractivity contribution in [1.29, 1.82) is 0 Å². The molecule has 0 saturated heterocycles. The van der Waals surface area contributed by atoms with Gasteiger partial charge in [0.2, 0.25) is 0 Å². The summed E-state index contributed by atoms with van der Waals surface area (Å²) in [5, 5.41) is 7.42. The molecule has 4 heteroatoms. The van der Waals surface area contributed by atoms with E-state index in [1.54, 1.807) is 0 Å². The van der Waals surface area contributed by atoms with Crippen LogP contribution in [0.5, 0.6) is 0 Å². The van der Waals surface area contributed by atoms with Gasteiger partial charge >= 0.3 is 5.97 Å². The van der Waals surface area contributed by atoms with Crippen LogP contribution in [0, 0.1) is 5.92 Å². The number of carbonyl (C=O) groups is 2. The Kier molecular flexibility index (Phi) is 10.0. The van der Waals surface area contributed by atoms with Crippen LogP contribution in [0.4, 0.5) is 0 Å². The lowest BCUT2D eigenvalue weighted by molar-refractivity contribution is -0.147. The summed E-state index contributed by atoms with van der Waals surface area (Å²) in [4.78, 5) is 19.8. The molecular formula is C9H18O4. The maximum atomic E-state index is 10.8. The number of esters is 1. The average Bonchev–Trinajstić information content (AvgIpc) is 2.02. The molecule has 1 unspecified atom stereocenters. The van der Waals surface area contributed by atoms with Crippen molar-refractivity contribution in [2.75, 3.05) is 6.61 Å². The number of rotatable bonds is 3. The van der Waals surface area contributed by atoms with E-state index in [0.29, 0.717) is 6.61 Å². The monoisotopic (exact) mass is 190 g/mol. The molecule has 78 valence electrons. The molecule has 1 N–H and O–H groups in total. The number of carbonyl (C=O) groups excluding carboxylic acids is 1. The van der Waals surface area contributed by atoms with Gasteiger partial charge in [-0.3, -0.25) is 9.59 Å². The van der Waals surface area contributed by atoms with E-state index in [1.165, 1.54) is 0 Å². The van der Waals surface area contributed by atoms with Crippen LogP contribution >= 0.6 is 0 Å². The molecule has 0 heterocycles. The Balaban J connectivity index is 0. The highest BCUT2D eigenvalue weighted by Gasteiger charge is 2.09. The summed E-state index contributed by atoms with van der Waals surface area (Å²) < 4.78 is 4.76. The number of aliphatic carboxylic acids is 1. The maximum Gasteiger partial charge on any atom is 0.308 e. The van der Waals surface area contributed by atoms with E-state index >= 15 is 0 Å². The maximum absolute atomic E-state index is 10.8. The van der Waals surface area contributed by atoms with Gasteiger partial charge in [0.05, 0.1) is 12.5 Å². The van der Waals surface area contributed by atoms with Crippen molar-refractivity contribution in [2.24, 2.45) is 5.92 Å². The molecule has 0 amide bonds. The first-order valence-corrected chi connectivity index (χ1v) is 4.31. The molecule has 0 spiro atoms. The Labute approximate surface area is 78.9 Å². The SMILES string of the molecule is CC(=O)O.CCOC(=O)C(C)CC. The van der Waals surface area contributed by atoms with Gasteiger partial charge < -0.3 is 9.84 Å². The lowest BCUT2D eigenvalue weighted by Crippen LogP contribution is -2.13. The highest BCUT2D eigenvalue weighted by Crippen LogP contribution is 2.01. The Bertz CT molecular complexity index is 150. The minimum atomic E-state index is -0.833. The Morgan fingerprint density at radius 3 is 2.00 bits per heavy atom. The minimum Gasteiger partial charge on any atom is -0.481 e. The van der Waals surface area contributed by atoms with Crippen molar-refractivity contribution in [3.63, 3.8) is 0 Å². The largest absolute Gasteiger partial charge is 0.481 e. The van der Waals surface area contributed by atoms with Crippen LogP contribution in [-0.4, -0.2) is 23.7 Å². The van der Waals surface area contributed by atoms with Gasteiger partial charge in [0.15, 0.2) is 0 Å². The van der Waals surface area contributed by atoms with Crippen LogP contribution in [0.1, 0.15) is 34.1 Å². The molecule has 0 bridgehead atoms. The topological polar surface area (TPSA) is 63.6 Å². The molecule has 0 aliphatic heterocycles. The molecule has 13 heavy (non-hydrogen) atoms. The van der Waals surface area contributed by atoms with E-state index in [9.17, 15) is 4.79 Å². The van der Waals surface area contributed by atoms with Crippen molar-refractivity contribution < 1.29 is 19.4 Å². The van der Waals surface area contributed by atoms with Crippen molar-refractivity contribution in [3.8, 4) is 0 Å². The fraction of sp³-hybridized carbons (Fsp3) is 0.778. The summed E-state index contributed by atoms with van der Waals surface area (Å²) >= 11 is 0. The van der Waals surface area contributed by atoms with Crippen molar-refractivity contribution in [3.05, 3.63) is 0 Å². The number of hydrogen-bond donors (Lipinski definition) is 1. The Morgan fingerprint density at radius 1 is 1.38 bits per heavy atom. The van der Waals surface area contributed by atoms with Gasteiger partial charge in [0.1, 0.15) is 0 Å². The highest BCUT2D eigenvalue weighted by molar-refractivity contribution is 5.71. The summed E-state index contributed by atoms with van der Waals surface area (Å²) in [5.74, 6) is -0.857. The highest BCUT2D eigenvalue weighted by atomic mass is 16.5.